The van der Waals surface area contributed by atoms with Crippen LogP contribution < -0.4 is 24.8 Å². The zero-order chi connectivity index (χ0) is 28.9. The van der Waals surface area contributed by atoms with Crippen molar-refractivity contribution < 1.29 is 23.8 Å². The van der Waals surface area contributed by atoms with Crippen LogP contribution in [0.3, 0.4) is 0 Å². The summed E-state index contributed by atoms with van der Waals surface area (Å²) in [5.41, 5.74) is 1.97. The van der Waals surface area contributed by atoms with Crippen LogP contribution in [-0.4, -0.2) is 56.2 Å². The lowest BCUT2D eigenvalue weighted by Crippen LogP contribution is -2.59. The number of hydrogen-bond acceptors (Lipinski definition) is 6. The maximum absolute atomic E-state index is 13.9. The van der Waals surface area contributed by atoms with Crippen molar-refractivity contribution in [2.45, 2.75) is 56.3 Å². The Kier molecular flexibility index (Phi) is 9.00. The van der Waals surface area contributed by atoms with Crippen LogP contribution in [0.2, 0.25) is 5.02 Å². The van der Waals surface area contributed by atoms with Crippen molar-refractivity contribution in [3.05, 3.63) is 82.9 Å². The first-order chi connectivity index (χ1) is 19.9. The van der Waals surface area contributed by atoms with Crippen LogP contribution in [0.1, 0.15) is 54.1 Å². The van der Waals surface area contributed by atoms with E-state index in [2.05, 4.69) is 15.5 Å². The highest BCUT2D eigenvalue weighted by atomic mass is 35.5. The van der Waals surface area contributed by atoms with Gasteiger partial charge in [-0.1, -0.05) is 60.5 Å². The maximum Gasteiger partial charge on any atom is 0.251 e. The molecule has 8 nitrogen and oxygen atoms in total. The minimum Gasteiger partial charge on any atom is -0.493 e. The number of nitrogens with zero attached hydrogens (tertiary/aromatic N) is 1. The normalized spacial score (nSPS) is 20.9. The lowest BCUT2D eigenvalue weighted by Gasteiger charge is -2.51. The second-order valence-corrected chi connectivity index (χ2v) is 10.9. The average molecular weight is 578 g/mol. The Morgan fingerprint density at radius 1 is 0.878 bits per heavy atom. The van der Waals surface area contributed by atoms with E-state index in [4.69, 9.17) is 25.8 Å². The molecule has 2 aliphatic rings. The van der Waals surface area contributed by atoms with Crippen molar-refractivity contribution in [2.75, 3.05) is 26.6 Å². The van der Waals surface area contributed by atoms with Crippen LogP contribution in [0, 0.1) is 0 Å². The molecule has 2 aliphatic heterocycles. The molecule has 5 rings (SSSR count). The van der Waals surface area contributed by atoms with Crippen LogP contribution in [-0.2, 0) is 4.79 Å². The number of benzene rings is 3. The lowest BCUT2D eigenvalue weighted by molar-refractivity contribution is -0.126. The zero-order valence-electron chi connectivity index (χ0n) is 23.6. The summed E-state index contributed by atoms with van der Waals surface area (Å²) in [6.07, 6.45) is 4.49. The van der Waals surface area contributed by atoms with E-state index >= 15 is 0 Å². The first-order valence-electron chi connectivity index (χ1n) is 13.9. The largest absolute Gasteiger partial charge is 0.493 e. The molecule has 3 atom stereocenters. The summed E-state index contributed by atoms with van der Waals surface area (Å²) in [6.45, 7) is 0. The summed E-state index contributed by atoms with van der Waals surface area (Å²) in [5.74, 6) is 0.993. The number of piperidine rings is 2. The Labute approximate surface area is 245 Å². The molecule has 0 aliphatic carbocycles. The van der Waals surface area contributed by atoms with Crippen LogP contribution in [0.25, 0.3) is 0 Å². The monoisotopic (exact) mass is 577 g/mol. The fraction of sp³-hybridized carbons (Fsp3) is 0.375. The first kappa shape index (κ1) is 28.8. The van der Waals surface area contributed by atoms with Gasteiger partial charge in [-0.15, -0.1) is 0 Å². The summed E-state index contributed by atoms with van der Waals surface area (Å²) in [4.78, 5) is 29.7. The highest BCUT2D eigenvalue weighted by Gasteiger charge is 2.45. The van der Waals surface area contributed by atoms with Gasteiger partial charge in [0.25, 0.3) is 5.91 Å². The van der Waals surface area contributed by atoms with Gasteiger partial charge in [0.1, 0.15) is 6.04 Å². The molecule has 2 fully saturated rings. The van der Waals surface area contributed by atoms with E-state index in [1.165, 1.54) is 21.3 Å². The number of nitrogens with one attached hydrogen (secondary N) is 2. The van der Waals surface area contributed by atoms with Crippen LogP contribution >= 0.6 is 11.6 Å². The zero-order valence-corrected chi connectivity index (χ0v) is 24.3. The smallest absolute Gasteiger partial charge is 0.251 e. The highest BCUT2D eigenvalue weighted by molar-refractivity contribution is 6.33. The number of halogens is 1. The molecular formula is C32H36ClN3O5. The first-order valence-corrected chi connectivity index (χ1v) is 14.3. The molecule has 0 saturated carbocycles. The standard InChI is InChI=1S/C32H36ClN3O5/c1-39-27-16-21(17-28(40-2)30(27)41-3)31(37)34-22-18-23-12-9-13-24(19-22)36(23)29(20-10-5-4-6-11-20)32(38)35-26-15-8-7-14-25(26)33/h4-8,10-11,14-17,22-24,29H,9,12-13,18-19H2,1-3H3,(H,34,37)(H,35,38). The van der Waals surface area contributed by atoms with E-state index in [0.717, 1.165) is 37.7 Å². The average Bonchev–Trinajstić information content (AvgIpc) is 2.98. The summed E-state index contributed by atoms with van der Waals surface area (Å²) in [6, 6.07) is 20.3. The molecule has 2 bridgehead atoms. The Morgan fingerprint density at radius 3 is 2.07 bits per heavy atom. The molecule has 3 aromatic rings. The predicted molar refractivity (Wildman–Crippen MR) is 159 cm³/mol. The lowest BCUT2D eigenvalue weighted by atomic mass is 9.79. The van der Waals surface area contributed by atoms with Crippen molar-refractivity contribution in [1.82, 2.24) is 10.2 Å². The predicted octanol–water partition coefficient (Wildman–Crippen LogP) is 5.86. The third kappa shape index (κ3) is 6.14. The van der Waals surface area contributed by atoms with Gasteiger partial charge in [-0.25, -0.2) is 0 Å². The number of fused-ring (bicyclic) bond motifs is 2. The summed E-state index contributed by atoms with van der Waals surface area (Å²) >= 11 is 6.38. The van der Waals surface area contributed by atoms with Crippen molar-refractivity contribution >= 4 is 29.1 Å². The maximum atomic E-state index is 13.9. The third-order valence-electron chi connectivity index (χ3n) is 8.09. The molecule has 3 aromatic carbocycles. The number of rotatable bonds is 9. The molecule has 0 aromatic heterocycles. The quantitative estimate of drug-likeness (QED) is 0.331. The number of ether oxygens (including phenoxy) is 3. The molecule has 41 heavy (non-hydrogen) atoms. The molecule has 2 saturated heterocycles. The number of methoxy groups -OCH3 is 3. The number of carbonyl (C=O) groups is 2. The molecule has 2 heterocycles. The van der Waals surface area contributed by atoms with Crippen LogP contribution in [0.15, 0.2) is 66.7 Å². The van der Waals surface area contributed by atoms with E-state index in [-0.39, 0.29) is 29.9 Å². The Bertz CT molecular complexity index is 1350. The third-order valence-corrected chi connectivity index (χ3v) is 8.42. The molecule has 0 radical (unpaired) electrons. The van der Waals surface area contributed by atoms with Gasteiger partial charge in [0.05, 0.1) is 32.0 Å². The van der Waals surface area contributed by atoms with Gasteiger partial charge in [0.2, 0.25) is 11.7 Å². The molecular weight excluding hydrogens is 542 g/mol. The van der Waals surface area contributed by atoms with Gasteiger partial charge in [-0.2, -0.15) is 0 Å². The van der Waals surface area contributed by atoms with Crippen LogP contribution in [0.5, 0.6) is 17.2 Å². The highest BCUT2D eigenvalue weighted by Crippen LogP contribution is 2.42. The number of carbonyl (C=O) groups excluding carboxylic acids is 2. The minimum absolute atomic E-state index is 0.0313. The SMILES string of the molecule is COc1cc(C(=O)NC2CC3CCCC(C2)N3C(C(=O)Nc2ccccc2Cl)c2ccccc2)cc(OC)c1OC. The number of para-hydroxylation sites is 1. The van der Waals surface area contributed by atoms with Crippen molar-refractivity contribution in [1.29, 1.82) is 0 Å². The van der Waals surface area contributed by atoms with E-state index in [9.17, 15) is 9.59 Å². The Morgan fingerprint density at radius 2 is 1.49 bits per heavy atom. The number of anilines is 1. The molecule has 2 N–H and O–H groups in total. The van der Waals surface area contributed by atoms with E-state index in [1.807, 2.05) is 48.5 Å². The van der Waals surface area contributed by atoms with E-state index < -0.39 is 6.04 Å². The van der Waals surface area contributed by atoms with Crippen molar-refractivity contribution in [3.8, 4) is 17.2 Å². The van der Waals surface area contributed by atoms with Gasteiger partial charge in [-0.05, 0) is 55.5 Å². The summed E-state index contributed by atoms with van der Waals surface area (Å²) < 4.78 is 16.3. The topological polar surface area (TPSA) is 89.1 Å². The molecule has 9 heteroatoms. The minimum atomic E-state index is -0.477. The van der Waals surface area contributed by atoms with Crippen molar-refractivity contribution in [3.63, 3.8) is 0 Å². The summed E-state index contributed by atoms with van der Waals surface area (Å²) in [7, 11) is 4.59. The fourth-order valence-corrected chi connectivity index (χ4v) is 6.48. The number of amides is 2. The van der Waals surface area contributed by atoms with Gasteiger partial charge < -0.3 is 24.8 Å². The molecule has 2 amide bonds. The van der Waals surface area contributed by atoms with E-state index in [1.54, 1.807) is 18.2 Å². The van der Waals surface area contributed by atoms with Gasteiger partial charge >= 0.3 is 0 Å². The van der Waals surface area contributed by atoms with Crippen molar-refractivity contribution in [2.24, 2.45) is 0 Å². The fourth-order valence-electron chi connectivity index (χ4n) is 6.30. The van der Waals surface area contributed by atoms with Crippen LogP contribution in [0.4, 0.5) is 5.69 Å². The summed E-state index contributed by atoms with van der Waals surface area (Å²) in [5, 5.41) is 6.82. The van der Waals surface area contributed by atoms with Gasteiger partial charge in [0.15, 0.2) is 11.5 Å². The molecule has 0 spiro atoms. The van der Waals surface area contributed by atoms with Gasteiger partial charge in [0, 0.05) is 23.7 Å². The molecule has 3 unspecified atom stereocenters. The Hall–Kier alpha value is -3.75. The number of hydrogen-bond donors (Lipinski definition) is 2. The molecule has 216 valence electrons. The second kappa shape index (κ2) is 12.8. The van der Waals surface area contributed by atoms with E-state index in [0.29, 0.717) is 33.5 Å². The Balaban J connectivity index is 1.37. The second-order valence-electron chi connectivity index (χ2n) is 10.5. The van der Waals surface area contributed by atoms with Gasteiger partial charge in [-0.3, -0.25) is 14.5 Å².